The van der Waals surface area contributed by atoms with E-state index in [-0.39, 0.29) is 5.60 Å². The van der Waals surface area contributed by atoms with Crippen LogP contribution >= 0.6 is 0 Å². The lowest BCUT2D eigenvalue weighted by Gasteiger charge is -2.48. The summed E-state index contributed by atoms with van der Waals surface area (Å²) in [7, 11) is 0. The Bertz CT molecular complexity index is 411. The van der Waals surface area contributed by atoms with Crippen LogP contribution in [0.5, 0.6) is 0 Å². The van der Waals surface area contributed by atoms with Crippen LogP contribution in [0.1, 0.15) is 49.5 Å². The Morgan fingerprint density at radius 1 is 1.44 bits per heavy atom. The summed E-state index contributed by atoms with van der Waals surface area (Å²) in [5.41, 5.74) is 2.03. The van der Waals surface area contributed by atoms with Crippen molar-refractivity contribution in [1.29, 1.82) is 0 Å². The van der Waals surface area contributed by atoms with E-state index in [0.29, 0.717) is 5.92 Å². The topological polar surface area (TPSA) is 42.4 Å². The minimum Gasteiger partial charge on any atom is -0.387 e. The molecule has 1 saturated heterocycles. The first-order chi connectivity index (χ1) is 8.69. The summed E-state index contributed by atoms with van der Waals surface area (Å²) in [6.45, 7) is 2.80. The molecule has 3 rings (SSSR count). The predicted octanol–water partition coefficient (Wildman–Crippen LogP) is 2.77. The standard InChI is InChI=1S/C15H21NO2/c1-11-3-4-13(16-10-11)14(17)12-5-8-18-15(9-12)6-2-7-15/h3-4,10,12,14,17H,2,5-9H2,1H3. The average Bonchev–Trinajstić information content (AvgIpc) is 2.37. The molecule has 1 saturated carbocycles. The van der Waals surface area contributed by atoms with Crippen molar-refractivity contribution >= 4 is 0 Å². The highest BCUT2D eigenvalue weighted by Crippen LogP contribution is 2.46. The van der Waals surface area contributed by atoms with Gasteiger partial charge in [0.05, 0.1) is 17.4 Å². The fourth-order valence-electron chi connectivity index (χ4n) is 3.15. The Morgan fingerprint density at radius 2 is 2.28 bits per heavy atom. The summed E-state index contributed by atoms with van der Waals surface area (Å²) in [6, 6.07) is 3.97. The number of aryl methyl sites for hydroxylation is 1. The quantitative estimate of drug-likeness (QED) is 0.873. The highest BCUT2D eigenvalue weighted by atomic mass is 16.5. The zero-order chi connectivity index (χ0) is 12.6. The Balaban J connectivity index is 1.71. The van der Waals surface area contributed by atoms with Gasteiger partial charge in [-0.2, -0.15) is 0 Å². The van der Waals surface area contributed by atoms with Crippen LogP contribution in [0.15, 0.2) is 18.3 Å². The van der Waals surface area contributed by atoms with Gasteiger partial charge < -0.3 is 9.84 Å². The fraction of sp³-hybridized carbons (Fsp3) is 0.667. The number of aromatic nitrogens is 1. The van der Waals surface area contributed by atoms with Gasteiger partial charge in [-0.25, -0.2) is 0 Å². The van der Waals surface area contributed by atoms with Gasteiger partial charge in [0.15, 0.2) is 0 Å². The first kappa shape index (κ1) is 12.1. The molecule has 2 fully saturated rings. The first-order valence-electron chi connectivity index (χ1n) is 6.93. The van der Waals surface area contributed by atoms with E-state index >= 15 is 0 Å². The molecule has 1 N–H and O–H groups in total. The maximum absolute atomic E-state index is 10.5. The number of aliphatic hydroxyl groups is 1. The molecule has 18 heavy (non-hydrogen) atoms. The minimum absolute atomic E-state index is 0.0919. The Hall–Kier alpha value is -0.930. The zero-order valence-electron chi connectivity index (χ0n) is 10.9. The van der Waals surface area contributed by atoms with Crippen molar-refractivity contribution in [2.75, 3.05) is 6.61 Å². The molecule has 3 heteroatoms. The maximum Gasteiger partial charge on any atom is 0.0989 e. The zero-order valence-corrected chi connectivity index (χ0v) is 10.9. The van der Waals surface area contributed by atoms with Gasteiger partial charge in [0.1, 0.15) is 0 Å². The molecular weight excluding hydrogens is 226 g/mol. The van der Waals surface area contributed by atoms with Crippen LogP contribution in [0.25, 0.3) is 0 Å². The maximum atomic E-state index is 10.5. The summed E-state index contributed by atoms with van der Waals surface area (Å²) in [5.74, 6) is 0.300. The van der Waals surface area contributed by atoms with Crippen LogP contribution in [0, 0.1) is 12.8 Å². The van der Waals surface area contributed by atoms with Gasteiger partial charge in [-0.05, 0) is 56.6 Å². The van der Waals surface area contributed by atoms with Crippen LogP contribution in [-0.4, -0.2) is 22.3 Å². The molecule has 1 aliphatic heterocycles. The number of aliphatic hydroxyl groups excluding tert-OH is 1. The van der Waals surface area contributed by atoms with E-state index in [0.717, 1.165) is 43.5 Å². The number of pyridine rings is 1. The third kappa shape index (κ3) is 2.17. The van der Waals surface area contributed by atoms with Gasteiger partial charge in [-0.1, -0.05) is 6.07 Å². The first-order valence-corrected chi connectivity index (χ1v) is 6.93. The smallest absolute Gasteiger partial charge is 0.0989 e. The van der Waals surface area contributed by atoms with Crippen molar-refractivity contribution in [2.24, 2.45) is 5.92 Å². The molecule has 0 radical (unpaired) electrons. The molecule has 0 bridgehead atoms. The van der Waals surface area contributed by atoms with E-state index in [1.165, 1.54) is 6.42 Å². The van der Waals surface area contributed by atoms with Crippen molar-refractivity contribution < 1.29 is 9.84 Å². The van der Waals surface area contributed by atoms with Crippen molar-refractivity contribution in [2.45, 2.75) is 50.7 Å². The minimum atomic E-state index is -0.438. The third-order valence-electron chi connectivity index (χ3n) is 4.48. The molecule has 1 aromatic rings. The van der Waals surface area contributed by atoms with E-state index < -0.39 is 6.10 Å². The molecule has 98 valence electrons. The monoisotopic (exact) mass is 247 g/mol. The van der Waals surface area contributed by atoms with Crippen molar-refractivity contribution in [3.8, 4) is 0 Å². The molecule has 1 aromatic heterocycles. The van der Waals surface area contributed by atoms with Crippen LogP contribution in [0.4, 0.5) is 0 Å². The number of nitrogens with zero attached hydrogens (tertiary/aromatic N) is 1. The van der Waals surface area contributed by atoms with Gasteiger partial charge >= 0.3 is 0 Å². The second-order valence-corrected chi connectivity index (χ2v) is 5.84. The van der Waals surface area contributed by atoms with E-state index in [1.54, 1.807) is 0 Å². The summed E-state index contributed by atoms with van der Waals surface area (Å²) in [5, 5.41) is 10.5. The summed E-state index contributed by atoms with van der Waals surface area (Å²) in [4.78, 5) is 4.35. The SMILES string of the molecule is Cc1ccc(C(O)C2CCOC3(CCC3)C2)nc1. The van der Waals surface area contributed by atoms with Gasteiger partial charge in [0.2, 0.25) is 0 Å². The summed E-state index contributed by atoms with van der Waals surface area (Å²) < 4.78 is 5.91. The van der Waals surface area contributed by atoms with Crippen LogP contribution < -0.4 is 0 Å². The second-order valence-electron chi connectivity index (χ2n) is 5.84. The average molecular weight is 247 g/mol. The van der Waals surface area contributed by atoms with Gasteiger partial charge in [0.25, 0.3) is 0 Å². The third-order valence-corrected chi connectivity index (χ3v) is 4.48. The predicted molar refractivity (Wildman–Crippen MR) is 69.2 cm³/mol. The molecule has 0 aromatic carbocycles. The fourth-order valence-corrected chi connectivity index (χ4v) is 3.15. The molecule has 3 nitrogen and oxygen atoms in total. The Labute approximate surface area is 108 Å². The van der Waals surface area contributed by atoms with Gasteiger partial charge in [-0.15, -0.1) is 0 Å². The number of ether oxygens (including phenoxy) is 1. The highest BCUT2D eigenvalue weighted by molar-refractivity contribution is 5.15. The van der Waals surface area contributed by atoms with E-state index in [2.05, 4.69) is 4.98 Å². The van der Waals surface area contributed by atoms with Crippen LogP contribution in [0.3, 0.4) is 0 Å². The number of hydrogen-bond donors (Lipinski definition) is 1. The van der Waals surface area contributed by atoms with Gasteiger partial charge in [-0.3, -0.25) is 4.98 Å². The molecule has 1 aliphatic carbocycles. The Morgan fingerprint density at radius 3 is 2.89 bits per heavy atom. The van der Waals surface area contributed by atoms with Crippen molar-refractivity contribution in [3.63, 3.8) is 0 Å². The van der Waals surface area contributed by atoms with Crippen molar-refractivity contribution in [3.05, 3.63) is 29.6 Å². The second kappa shape index (κ2) is 4.63. The van der Waals surface area contributed by atoms with E-state index in [4.69, 9.17) is 4.74 Å². The lowest BCUT2D eigenvalue weighted by atomic mass is 9.70. The molecule has 2 atom stereocenters. The number of hydrogen-bond acceptors (Lipinski definition) is 3. The van der Waals surface area contributed by atoms with E-state index in [9.17, 15) is 5.11 Å². The number of rotatable bonds is 2. The van der Waals surface area contributed by atoms with Crippen molar-refractivity contribution in [1.82, 2.24) is 4.98 Å². The molecular formula is C15H21NO2. The molecule has 2 unspecified atom stereocenters. The molecule has 1 spiro atoms. The lowest BCUT2D eigenvalue weighted by molar-refractivity contribution is -0.157. The molecule has 2 aliphatic rings. The largest absolute Gasteiger partial charge is 0.387 e. The van der Waals surface area contributed by atoms with Crippen LogP contribution in [-0.2, 0) is 4.74 Å². The summed E-state index contributed by atoms with van der Waals surface area (Å²) >= 11 is 0. The molecule has 2 heterocycles. The normalized spacial score (nSPS) is 27.8. The van der Waals surface area contributed by atoms with Gasteiger partial charge in [0, 0.05) is 12.8 Å². The highest BCUT2D eigenvalue weighted by Gasteiger charge is 2.44. The Kier molecular flexibility index (Phi) is 3.12. The van der Waals surface area contributed by atoms with Crippen LogP contribution in [0.2, 0.25) is 0 Å². The molecule has 0 amide bonds. The lowest BCUT2D eigenvalue weighted by Crippen LogP contribution is -2.46. The van der Waals surface area contributed by atoms with E-state index in [1.807, 2.05) is 25.3 Å². The summed E-state index contributed by atoms with van der Waals surface area (Å²) in [6.07, 6.45) is 6.92.